The van der Waals surface area contributed by atoms with Gasteiger partial charge in [-0.3, -0.25) is 4.79 Å². The molecular formula is C13H26N2O2S. The summed E-state index contributed by atoms with van der Waals surface area (Å²) in [6, 6.07) is -0.0234. The summed E-state index contributed by atoms with van der Waals surface area (Å²) in [7, 11) is 0. The van der Waals surface area contributed by atoms with Gasteiger partial charge in [-0.2, -0.15) is 11.8 Å². The van der Waals surface area contributed by atoms with Crippen molar-refractivity contribution in [1.29, 1.82) is 0 Å². The first-order valence-electron chi connectivity index (χ1n) is 6.72. The zero-order chi connectivity index (χ0) is 13.6. The number of nitrogens with one attached hydrogen (secondary N) is 1. The fraction of sp³-hybridized carbons (Fsp3) is 0.923. The molecule has 0 bridgehead atoms. The maximum atomic E-state index is 12.0. The molecule has 1 saturated carbocycles. The summed E-state index contributed by atoms with van der Waals surface area (Å²) in [4.78, 5) is 12.0. The number of amides is 1. The number of carbonyl (C=O) groups excluding carboxylic acids is 1. The number of nitrogens with two attached hydrogens (primary N) is 1. The van der Waals surface area contributed by atoms with E-state index < -0.39 is 0 Å². The van der Waals surface area contributed by atoms with Crippen molar-refractivity contribution in [2.24, 2.45) is 5.73 Å². The third kappa shape index (κ3) is 4.78. The normalized spacial score (nSPS) is 22.2. The van der Waals surface area contributed by atoms with Crippen molar-refractivity contribution < 1.29 is 9.90 Å². The fourth-order valence-electron chi connectivity index (χ4n) is 2.59. The predicted molar refractivity (Wildman–Crippen MR) is 76.6 cm³/mol. The van der Waals surface area contributed by atoms with Crippen molar-refractivity contribution in [3.63, 3.8) is 0 Å². The zero-order valence-corrected chi connectivity index (χ0v) is 12.3. The van der Waals surface area contributed by atoms with E-state index in [2.05, 4.69) is 5.32 Å². The van der Waals surface area contributed by atoms with Crippen molar-refractivity contribution in [3.8, 4) is 0 Å². The molecule has 2 atom stereocenters. The second kappa shape index (κ2) is 7.36. The van der Waals surface area contributed by atoms with Crippen molar-refractivity contribution >= 4 is 17.7 Å². The van der Waals surface area contributed by atoms with Crippen molar-refractivity contribution in [3.05, 3.63) is 0 Å². The van der Waals surface area contributed by atoms with Gasteiger partial charge in [0.15, 0.2) is 0 Å². The van der Waals surface area contributed by atoms with Crippen LogP contribution in [0.1, 0.15) is 45.4 Å². The number of aliphatic hydroxyl groups excluding tert-OH is 1. The van der Waals surface area contributed by atoms with Crippen LogP contribution in [0.15, 0.2) is 0 Å². The van der Waals surface area contributed by atoms with E-state index in [9.17, 15) is 9.90 Å². The Balaban J connectivity index is 2.40. The number of rotatable bonds is 6. The van der Waals surface area contributed by atoms with Crippen LogP contribution < -0.4 is 11.1 Å². The third-order valence-corrected chi connectivity index (χ3v) is 4.95. The minimum Gasteiger partial charge on any atom is -0.395 e. The van der Waals surface area contributed by atoms with E-state index >= 15 is 0 Å². The van der Waals surface area contributed by atoms with E-state index in [1.165, 1.54) is 6.42 Å². The van der Waals surface area contributed by atoms with Crippen LogP contribution in [0.25, 0.3) is 0 Å². The summed E-state index contributed by atoms with van der Waals surface area (Å²) in [5, 5.41) is 12.2. The summed E-state index contributed by atoms with van der Waals surface area (Å²) < 4.78 is 0. The summed E-state index contributed by atoms with van der Waals surface area (Å²) in [6.45, 7) is 2.01. The van der Waals surface area contributed by atoms with E-state index in [-0.39, 0.29) is 29.3 Å². The molecule has 0 radical (unpaired) electrons. The highest BCUT2D eigenvalue weighted by Gasteiger charge is 2.30. The van der Waals surface area contributed by atoms with Crippen LogP contribution in [0.2, 0.25) is 0 Å². The Morgan fingerprint density at radius 1 is 1.44 bits per heavy atom. The number of hydrogen-bond acceptors (Lipinski definition) is 4. The molecule has 4 N–H and O–H groups in total. The molecule has 1 fully saturated rings. The first-order chi connectivity index (χ1) is 8.50. The Morgan fingerprint density at radius 2 is 2.06 bits per heavy atom. The summed E-state index contributed by atoms with van der Waals surface area (Å²) >= 11 is 1.57. The van der Waals surface area contributed by atoms with Gasteiger partial charge < -0.3 is 16.2 Å². The average molecular weight is 274 g/mol. The van der Waals surface area contributed by atoms with Gasteiger partial charge in [0, 0.05) is 23.3 Å². The Hall–Kier alpha value is -0.260. The molecule has 0 saturated heterocycles. The first-order valence-corrected chi connectivity index (χ1v) is 8.01. The molecule has 0 aromatic heterocycles. The smallest absolute Gasteiger partial charge is 0.222 e. The van der Waals surface area contributed by atoms with Gasteiger partial charge >= 0.3 is 0 Å². The lowest BCUT2D eigenvalue weighted by Crippen LogP contribution is -2.49. The molecule has 0 aliphatic heterocycles. The van der Waals surface area contributed by atoms with Gasteiger partial charge in [-0.15, -0.1) is 0 Å². The Labute approximate surface area is 114 Å². The monoisotopic (exact) mass is 274 g/mol. The molecule has 0 spiro atoms. The SMILES string of the molecule is CSC(CO)C(C)NC(=O)CC1(N)CCCCC1. The molecule has 0 aromatic carbocycles. The molecule has 2 unspecified atom stereocenters. The molecule has 4 nitrogen and oxygen atoms in total. The summed E-state index contributed by atoms with van der Waals surface area (Å²) in [6.07, 6.45) is 7.73. The lowest BCUT2D eigenvalue weighted by atomic mass is 9.80. The van der Waals surface area contributed by atoms with Gasteiger partial charge in [-0.25, -0.2) is 0 Å². The average Bonchev–Trinajstić information content (AvgIpc) is 2.30. The molecular weight excluding hydrogens is 248 g/mol. The second-order valence-corrected chi connectivity index (χ2v) is 6.49. The standard InChI is InChI=1S/C13H26N2O2S/c1-10(11(9-16)18-2)15-12(17)8-13(14)6-4-3-5-7-13/h10-11,16H,3-9,14H2,1-2H3,(H,15,17). The van der Waals surface area contributed by atoms with Crippen molar-refractivity contribution in [2.75, 3.05) is 12.9 Å². The van der Waals surface area contributed by atoms with E-state index in [0.29, 0.717) is 6.42 Å². The molecule has 18 heavy (non-hydrogen) atoms. The Kier molecular flexibility index (Phi) is 6.46. The van der Waals surface area contributed by atoms with E-state index in [4.69, 9.17) is 5.73 Å². The number of aliphatic hydroxyl groups is 1. The third-order valence-electron chi connectivity index (χ3n) is 3.79. The van der Waals surface area contributed by atoms with Crippen LogP contribution in [0.3, 0.4) is 0 Å². The lowest BCUT2D eigenvalue weighted by molar-refractivity contribution is -0.123. The van der Waals surface area contributed by atoms with Crippen LogP contribution in [-0.4, -0.2) is 40.7 Å². The van der Waals surface area contributed by atoms with Crippen molar-refractivity contribution in [1.82, 2.24) is 5.32 Å². The van der Waals surface area contributed by atoms with Crippen molar-refractivity contribution in [2.45, 2.75) is 62.3 Å². The van der Waals surface area contributed by atoms with Gasteiger partial charge in [0.1, 0.15) is 0 Å². The largest absolute Gasteiger partial charge is 0.395 e. The molecule has 1 rings (SSSR count). The second-order valence-electron chi connectivity index (χ2n) is 5.41. The minimum atomic E-state index is -0.309. The maximum absolute atomic E-state index is 12.0. The quantitative estimate of drug-likeness (QED) is 0.682. The van der Waals surface area contributed by atoms with E-state index in [1.807, 2.05) is 13.2 Å². The molecule has 5 heteroatoms. The molecule has 0 heterocycles. The van der Waals surface area contributed by atoms with Crippen LogP contribution in [0, 0.1) is 0 Å². The van der Waals surface area contributed by atoms with Crippen LogP contribution in [0.4, 0.5) is 0 Å². The number of hydrogen-bond donors (Lipinski definition) is 3. The zero-order valence-electron chi connectivity index (χ0n) is 11.4. The van der Waals surface area contributed by atoms with Gasteiger partial charge in [0.2, 0.25) is 5.91 Å². The first kappa shape index (κ1) is 15.8. The van der Waals surface area contributed by atoms with E-state index in [0.717, 1.165) is 25.7 Å². The number of thioether (sulfide) groups is 1. The van der Waals surface area contributed by atoms with Gasteiger partial charge in [-0.05, 0) is 26.0 Å². The molecule has 1 aliphatic rings. The maximum Gasteiger partial charge on any atom is 0.222 e. The van der Waals surface area contributed by atoms with Crippen LogP contribution in [-0.2, 0) is 4.79 Å². The molecule has 106 valence electrons. The van der Waals surface area contributed by atoms with Crippen LogP contribution >= 0.6 is 11.8 Å². The fourth-order valence-corrected chi connectivity index (χ4v) is 3.21. The number of carbonyl (C=O) groups is 1. The topological polar surface area (TPSA) is 75.3 Å². The molecule has 0 aromatic rings. The minimum absolute atomic E-state index is 0.0133. The summed E-state index contributed by atoms with van der Waals surface area (Å²) in [5.41, 5.74) is 5.95. The highest BCUT2D eigenvalue weighted by molar-refractivity contribution is 7.99. The molecule has 1 aliphatic carbocycles. The lowest BCUT2D eigenvalue weighted by Gasteiger charge is -2.33. The predicted octanol–water partition coefficient (Wildman–Crippen LogP) is 1.27. The Morgan fingerprint density at radius 3 is 2.56 bits per heavy atom. The van der Waals surface area contributed by atoms with Gasteiger partial charge in [0.25, 0.3) is 0 Å². The Bertz CT molecular complexity index is 264. The van der Waals surface area contributed by atoms with Gasteiger partial charge in [-0.1, -0.05) is 19.3 Å². The summed E-state index contributed by atoms with van der Waals surface area (Å²) in [5.74, 6) is 0.0133. The van der Waals surface area contributed by atoms with E-state index in [1.54, 1.807) is 11.8 Å². The van der Waals surface area contributed by atoms with Crippen LogP contribution in [0.5, 0.6) is 0 Å². The van der Waals surface area contributed by atoms with Gasteiger partial charge in [0.05, 0.1) is 6.61 Å². The highest BCUT2D eigenvalue weighted by Crippen LogP contribution is 2.28. The highest BCUT2D eigenvalue weighted by atomic mass is 32.2. The molecule has 1 amide bonds.